The Balaban J connectivity index is 2.45. The minimum atomic E-state index is -3.49. The maximum atomic E-state index is 11.7. The molecule has 1 aliphatic heterocycles. The van der Waals surface area contributed by atoms with Gasteiger partial charge in [-0.05, 0) is 30.2 Å². The SMILES string of the molecule is CCC=C1N(CCS(=O)(=O)OC)c2ccc(SOC)cc2C1(C)C. The van der Waals surface area contributed by atoms with Gasteiger partial charge in [0.1, 0.15) is 0 Å². The predicted molar refractivity (Wildman–Crippen MR) is 98.8 cm³/mol. The first-order valence-corrected chi connectivity index (χ1v) is 10.2. The van der Waals surface area contributed by atoms with Crippen molar-refractivity contribution < 1.29 is 16.8 Å². The molecule has 0 atom stereocenters. The lowest BCUT2D eigenvalue weighted by molar-refractivity contribution is 0.398. The van der Waals surface area contributed by atoms with E-state index >= 15 is 0 Å². The summed E-state index contributed by atoms with van der Waals surface area (Å²) in [6.07, 6.45) is 3.06. The van der Waals surface area contributed by atoms with Gasteiger partial charge in [0.15, 0.2) is 0 Å². The summed E-state index contributed by atoms with van der Waals surface area (Å²) >= 11 is 1.33. The number of benzene rings is 1. The van der Waals surface area contributed by atoms with Crippen LogP contribution in [-0.2, 0) is 23.9 Å². The Morgan fingerprint density at radius 1 is 1.29 bits per heavy atom. The van der Waals surface area contributed by atoms with E-state index in [9.17, 15) is 8.42 Å². The second-order valence-electron chi connectivity index (χ2n) is 6.13. The summed E-state index contributed by atoms with van der Waals surface area (Å²) in [4.78, 5) is 3.13. The van der Waals surface area contributed by atoms with Crippen molar-refractivity contribution >= 4 is 27.8 Å². The minimum absolute atomic E-state index is 0.0470. The van der Waals surface area contributed by atoms with Crippen molar-refractivity contribution in [3.63, 3.8) is 0 Å². The zero-order valence-electron chi connectivity index (χ0n) is 14.8. The highest BCUT2D eigenvalue weighted by molar-refractivity contribution is 7.94. The maximum absolute atomic E-state index is 11.7. The van der Waals surface area contributed by atoms with E-state index in [2.05, 4.69) is 42.0 Å². The van der Waals surface area contributed by atoms with Crippen LogP contribution in [0.25, 0.3) is 0 Å². The van der Waals surface area contributed by atoms with Crippen molar-refractivity contribution in [1.29, 1.82) is 0 Å². The molecule has 0 unspecified atom stereocenters. The van der Waals surface area contributed by atoms with Gasteiger partial charge in [-0.3, -0.25) is 4.18 Å². The number of rotatable bonds is 7. The van der Waals surface area contributed by atoms with Crippen molar-refractivity contribution in [2.45, 2.75) is 37.5 Å². The lowest BCUT2D eigenvalue weighted by Crippen LogP contribution is -2.30. The Bertz CT molecular complexity index is 726. The Morgan fingerprint density at radius 2 is 2.00 bits per heavy atom. The zero-order valence-corrected chi connectivity index (χ0v) is 16.5. The van der Waals surface area contributed by atoms with Crippen LogP contribution < -0.4 is 4.90 Å². The van der Waals surface area contributed by atoms with E-state index in [0.29, 0.717) is 6.54 Å². The molecule has 2 rings (SSSR count). The molecule has 5 nitrogen and oxygen atoms in total. The average molecular weight is 372 g/mol. The first-order chi connectivity index (χ1) is 11.3. The van der Waals surface area contributed by atoms with Gasteiger partial charge in [0.2, 0.25) is 0 Å². The van der Waals surface area contributed by atoms with Crippen LogP contribution in [-0.4, -0.2) is 34.9 Å². The molecule has 0 saturated carbocycles. The van der Waals surface area contributed by atoms with E-state index in [-0.39, 0.29) is 11.2 Å². The number of fused-ring (bicyclic) bond motifs is 1. The van der Waals surface area contributed by atoms with Gasteiger partial charge in [0.05, 0.1) is 20.0 Å². The first kappa shape index (κ1) is 19.3. The van der Waals surface area contributed by atoms with Crippen molar-refractivity contribution in [2.75, 3.05) is 31.4 Å². The fourth-order valence-corrected chi connectivity index (χ4v) is 4.15. The van der Waals surface area contributed by atoms with Crippen LogP contribution in [0.1, 0.15) is 32.8 Å². The van der Waals surface area contributed by atoms with Crippen molar-refractivity contribution in [3.05, 3.63) is 35.5 Å². The second-order valence-corrected chi connectivity index (χ2v) is 8.96. The summed E-state index contributed by atoms with van der Waals surface area (Å²) < 4.78 is 33.2. The zero-order chi connectivity index (χ0) is 18.0. The van der Waals surface area contributed by atoms with Gasteiger partial charge in [-0.1, -0.05) is 26.8 Å². The normalized spacial score (nSPS) is 18.2. The third kappa shape index (κ3) is 3.79. The molecule has 1 aromatic carbocycles. The third-order valence-corrected chi connectivity index (χ3v) is 6.06. The van der Waals surface area contributed by atoms with E-state index in [1.807, 2.05) is 12.1 Å². The van der Waals surface area contributed by atoms with Gasteiger partial charge in [-0.15, -0.1) is 0 Å². The number of nitrogens with zero attached hydrogens (tertiary/aromatic N) is 1. The van der Waals surface area contributed by atoms with Crippen LogP contribution in [0.3, 0.4) is 0 Å². The summed E-state index contributed by atoms with van der Waals surface area (Å²) in [6, 6.07) is 6.15. The summed E-state index contributed by atoms with van der Waals surface area (Å²) in [7, 11) is -0.646. The smallest absolute Gasteiger partial charge is 0.268 e. The lowest BCUT2D eigenvalue weighted by Gasteiger charge is -2.27. The molecule has 0 aliphatic carbocycles. The molecule has 0 radical (unpaired) electrons. The van der Waals surface area contributed by atoms with Gasteiger partial charge < -0.3 is 9.08 Å². The molecular weight excluding hydrogens is 346 g/mol. The fourth-order valence-electron chi connectivity index (χ4n) is 3.09. The molecule has 0 aromatic heterocycles. The molecule has 24 heavy (non-hydrogen) atoms. The number of allylic oxidation sites excluding steroid dienone is 2. The highest BCUT2D eigenvalue weighted by Crippen LogP contribution is 2.48. The van der Waals surface area contributed by atoms with Crippen LogP contribution >= 0.6 is 12.0 Å². The largest absolute Gasteiger partial charge is 0.343 e. The number of hydrogen-bond donors (Lipinski definition) is 0. The number of hydrogen-bond acceptors (Lipinski definition) is 6. The molecule has 0 spiro atoms. The van der Waals surface area contributed by atoms with E-state index in [0.717, 1.165) is 22.7 Å². The molecule has 1 aromatic rings. The minimum Gasteiger partial charge on any atom is -0.343 e. The standard InChI is InChI=1S/C17H25NO4S2/c1-6-7-16-17(2,3)14-12-13(23-21-4)8-9-15(14)18(16)10-11-24(19,20)22-5/h7-9,12H,6,10-11H2,1-5H3. The quantitative estimate of drug-likeness (QED) is 0.538. The van der Waals surface area contributed by atoms with Gasteiger partial charge in [0, 0.05) is 40.3 Å². The van der Waals surface area contributed by atoms with E-state index in [1.165, 1.54) is 24.7 Å². The van der Waals surface area contributed by atoms with Gasteiger partial charge >= 0.3 is 0 Å². The molecule has 0 N–H and O–H groups in total. The summed E-state index contributed by atoms with van der Waals surface area (Å²) in [5.41, 5.74) is 3.17. The Morgan fingerprint density at radius 3 is 2.58 bits per heavy atom. The third-order valence-electron chi connectivity index (χ3n) is 4.26. The second kappa shape index (κ2) is 7.47. The van der Waals surface area contributed by atoms with Crippen LogP contribution in [0.15, 0.2) is 34.9 Å². The van der Waals surface area contributed by atoms with Crippen LogP contribution in [0.5, 0.6) is 0 Å². The molecule has 134 valence electrons. The van der Waals surface area contributed by atoms with E-state index in [4.69, 9.17) is 4.18 Å². The molecule has 0 saturated heterocycles. The fraction of sp³-hybridized carbons (Fsp3) is 0.529. The van der Waals surface area contributed by atoms with E-state index in [1.54, 1.807) is 7.11 Å². The van der Waals surface area contributed by atoms with Gasteiger partial charge in [-0.2, -0.15) is 8.42 Å². The predicted octanol–water partition coefficient (Wildman–Crippen LogP) is 3.71. The molecule has 1 aliphatic rings. The first-order valence-electron chi connectivity index (χ1n) is 7.88. The molecule has 0 amide bonds. The van der Waals surface area contributed by atoms with Crippen molar-refractivity contribution in [3.8, 4) is 0 Å². The Labute approximate surface area is 149 Å². The van der Waals surface area contributed by atoms with Crippen LogP contribution in [0.2, 0.25) is 0 Å². The topological polar surface area (TPSA) is 55.8 Å². The summed E-state index contributed by atoms with van der Waals surface area (Å²) in [5, 5.41) is 0. The van der Waals surface area contributed by atoms with E-state index < -0.39 is 10.1 Å². The molecule has 7 heteroatoms. The van der Waals surface area contributed by atoms with Crippen LogP contribution in [0, 0.1) is 0 Å². The van der Waals surface area contributed by atoms with Crippen molar-refractivity contribution in [1.82, 2.24) is 0 Å². The average Bonchev–Trinajstić information content (AvgIpc) is 2.74. The lowest BCUT2D eigenvalue weighted by atomic mass is 9.83. The molecule has 1 heterocycles. The summed E-state index contributed by atoms with van der Waals surface area (Å²) in [5.74, 6) is -0.0470. The highest BCUT2D eigenvalue weighted by atomic mass is 32.2. The highest BCUT2D eigenvalue weighted by Gasteiger charge is 2.40. The Kier molecular flexibility index (Phi) is 6.01. The monoisotopic (exact) mass is 371 g/mol. The Hall–Kier alpha value is -1.02. The van der Waals surface area contributed by atoms with Gasteiger partial charge in [0.25, 0.3) is 10.1 Å². The summed E-state index contributed by atoms with van der Waals surface area (Å²) in [6.45, 7) is 6.79. The van der Waals surface area contributed by atoms with Crippen molar-refractivity contribution in [2.24, 2.45) is 0 Å². The molecule has 0 fully saturated rings. The van der Waals surface area contributed by atoms with Crippen LogP contribution in [0.4, 0.5) is 5.69 Å². The molecule has 0 bridgehead atoms. The molecular formula is C17H25NO4S2. The maximum Gasteiger partial charge on any atom is 0.268 e. The number of anilines is 1. The van der Waals surface area contributed by atoms with Gasteiger partial charge in [-0.25, -0.2) is 0 Å².